The number of pyridine rings is 1. The second-order valence-electron chi connectivity index (χ2n) is 7.44. The highest BCUT2D eigenvalue weighted by molar-refractivity contribution is 5.96. The first-order valence-corrected chi connectivity index (χ1v) is 9.89. The number of hydrogen-bond donors (Lipinski definition) is 0. The van der Waals surface area contributed by atoms with Gasteiger partial charge in [0.05, 0.1) is 24.3 Å². The Labute approximate surface area is 168 Å². The Morgan fingerprint density at radius 3 is 2.86 bits per heavy atom. The van der Waals surface area contributed by atoms with E-state index in [1.54, 1.807) is 18.7 Å². The van der Waals surface area contributed by atoms with Gasteiger partial charge in [-0.2, -0.15) is 0 Å². The molecule has 1 amide bonds. The minimum absolute atomic E-state index is 0.0147. The molecule has 7 heteroatoms. The first-order chi connectivity index (χ1) is 14.3. The fourth-order valence-corrected chi connectivity index (χ4v) is 3.96. The van der Waals surface area contributed by atoms with Crippen molar-refractivity contribution in [2.24, 2.45) is 0 Å². The lowest BCUT2D eigenvalue weighted by Crippen LogP contribution is -2.29. The van der Waals surface area contributed by atoms with Crippen LogP contribution in [0.2, 0.25) is 0 Å². The molecule has 1 saturated heterocycles. The number of likely N-dealkylation sites (tertiary alicyclic amines) is 1. The molecule has 1 fully saturated rings. The Hall–Kier alpha value is -3.48. The third-order valence-electron chi connectivity index (χ3n) is 5.58. The van der Waals surface area contributed by atoms with E-state index < -0.39 is 0 Å². The number of aromatic nitrogens is 5. The van der Waals surface area contributed by atoms with E-state index in [1.165, 1.54) is 5.56 Å². The lowest BCUT2D eigenvalue weighted by Gasteiger charge is -2.17. The van der Waals surface area contributed by atoms with Crippen molar-refractivity contribution in [2.75, 3.05) is 13.1 Å². The van der Waals surface area contributed by atoms with Gasteiger partial charge in [0, 0.05) is 38.2 Å². The van der Waals surface area contributed by atoms with Crippen molar-refractivity contribution in [3.05, 3.63) is 78.8 Å². The maximum absolute atomic E-state index is 12.9. The molecule has 3 aromatic heterocycles. The van der Waals surface area contributed by atoms with Gasteiger partial charge in [-0.15, -0.1) is 0 Å². The number of nitrogens with zero attached hydrogens (tertiary/aromatic N) is 6. The molecule has 7 nitrogen and oxygen atoms in total. The molecule has 1 aliphatic heterocycles. The number of imidazole rings is 2. The van der Waals surface area contributed by atoms with Gasteiger partial charge in [0.15, 0.2) is 5.65 Å². The maximum Gasteiger partial charge on any atom is 0.255 e. The summed E-state index contributed by atoms with van der Waals surface area (Å²) in [6.45, 7) is 2.24. The van der Waals surface area contributed by atoms with E-state index in [4.69, 9.17) is 0 Å². The van der Waals surface area contributed by atoms with E-state index in [1.807, 2.05) is 46.3 Å². The molecular weight excluding hydrogens is 364 g/mol. The van der Waals surface area contributed by atoms with Gasteiger partial charge in [0.2, 0.25) is 0 Å². The van der Waals surface area contributed by atoms with Gasteiger partial charge in [0.1, 0.15) is 5.52 Å². The van der Waals surface area contributed by atoms with Gasteiger partial charge in [-0.05, 0) is 24.5 Å². The van der Waals surface area contributed by atoms with Crippen LogP contribution >= 0.6 is 0 Å². The third-order valence-corrected chi connectivity index (χ3v) is 5.58. The summed E-state index contributed by atoms with van der Waals surface area (Å²) in [7, 11) is 0. The van der Waals surface area contributed by atoms with Gasteiger partial charge in [0.25, 0.3) is 5.91 Å². The molecule has 1 aromatic carbocycles. The van der Waals surface area contributed by atoms with E-state index >= 15 is 0 Å². The topological polar surface area (TPSA) is 68.8 Å². The van der Waals surface area contributed by atoms with Crippen LogP contribution in [0.3, 0.4) is 0 Å². The monoisotopic (exact) mass is 386 g/mol. The molecule has 4 aromatic rings. The normalized spacial score (nSPS) is 16.6. The molecule has 0 radical (unpaired) electrons. The standard InChI is InChI=1S/C22H22N6O/c29-22(26-10-7-19(14-26)27-11-8-23-15-27)18-12-20-21(24-13-18)28(16-25-20)9-6-17-4-2-1-3-5-17/h1-5,8,11-13,15-16,19H,6-7,9-10,14H2. The number of fused-ring (bicyclic) bond motifs is 1. The zero-order chi connectivity index (χ0) is 19.6. The second-order valence-corrected chi connectivity index (χ2v) is 7.44. The van der Waals surface area contributed by atoms with Gasteiger partial charge < -0.3 is 14.0 Å². The molecule has 0 N–H and O–H groups in total. The van der Waals surface area contributed by atoms with E-state index in [0.717, 1.165) is 37.1 Å². The largest absolute Gasteiger partial charge is 0.336 e. The van der Waals surface area contributed by atoms with E-state index in [2.05, 4.69) is 31.7 Å². The highest BCUT2D eigenvalue weighted by atomic mass is 16.2. The van der Waals surface area contributed by atoms with Crippen molar-refractivity contribution in [1.82, 2.24) is 29.0 Å². The zero-order valence-corrected chi connectivity index (χ0v) is 16.1. The van der Waals surface area contributed by atoms with Crippen LogP contribution < -0.4 is 0 Å². The number of carbonyl (C=O) groups is 1. The Morgan fingerprint density at radius 2 is 2.03 bits per heavy atom. The molecule has 0 saturated carbocycles. The molecular formula is C22H22N6O. The van der Waals surface area contributed by atoms with Crippen LogP contribution in [0, 0.1) is 0 Å². The quantitative estimate of drug-likeness (QED) is 0.529. The SMILES string of the molecule is O=C(c1cnc2c(c1)ncn2CCc1ccccc1)N1CCC(n2ccnc2)C1. The van der Waals surface area contributed by atoms with E-state index in [9.17, 15) is 4.79 Å². The molecule has 5 rings (SSSR count). The zero-order valence-electron chi connectivity index (χ0n) is 16.1. The first-order valence-electron chi connectivity index (χ1n) is 9.89. The fraction of sp³-hybridized carbons (Fsp3) is 0.273. The van der Waals surface area contributed by atoms with Crippen LogP contribution in [0.1, 0.15) is 28.4 Å². The van der Waals surface area contributed by atoms with Crippen LogP contribution in [0.25, 0.3) is 11.2 Å². The number of amides is 1. The number of aryl methyl sites for hydroxylation is 2. The summed E-state index contributed by atoms with van der Waals surface area (Å²) in [5.41, 5.74) is 3.45. The lowest BCUT2D eigenvalue weighted by molar-refractivity contribution is 0.0787. The fourth-order valence-electron chi connectivity index (χ4n) is 3.96. The average molecular weight is 386 g/mol. The summed E-state index contributed by atoms with van der Waals surface area (Å²) >= 11 is 0. The maximum atomic E-state index is 12.9. The average Bonchev–Trinajstić information content (AvgIpc) is 3.52. The van der Waals surface area contributed by atoms with Crippen LogP contribution in [0.5, 0.6) is 0 Å². The highest BCUT2D eigenvalue weighted by Gasteiger charge is 2.28. The van der Waals surface area contributed by atoms with E-state index in [0.29, 0.717) is 12.1 Å². The van der Waals surface area contributed by atoms with Crippen molar-refractivity contribution in [1.29, 1.82) is 0 Å². The number of rotatable bonds is 5. The summed E-state index contributed by atoms with van der Waals surface area (Å²) < 4.78 is 4.12. The third kappa shape index (κ3) is 3.51. The summed E-state index contributed by atoms with van der Waals surface area (Å²) in [5.74, 6) is 0.0147. The molecule has 0 aliphatic carbocycles. The lowest BCUT2D eigenvalue weighted by atomic mass is 10.1. The molecule has 146 valence electrons. The predicted octanol–water partition coefficient (Wildman–Crippen LogP) is 2.96. The molecule has 1 aliphatic rings. The highest BCUT2D eigenvalue weighted by Crippen LogP contribution is 2.23. The number of benzene rings is 1. The summed E-state index contributed by atoms with van der Waals surface area (Å²) in [4.78, 5) is 28.0. The molecule has 0 spiro atoms. The van der Waals surface area contributed by atoms with Gasteiger partial charge in [-0.25, -0.2) is 15.0 Å². The number of carbonyl (C=O) groups excluding carboxylic acids is 1. The summed E-state index contributed by atoms with van der Waals surface area (Å²) in [5, 5.41) is 0. The summed E-state index contributed by atoms with van der Waals surface area (Å²) in [6.07, 6.45) is 10.9. The Morgan fingerprint density at radius 1 is 1.14 bits per heavy atom. The smallest absolute Gasteiger partial charge is 0.255 e. The Bertz CT molecular complexity index is 1120. The first kappa shape index (κ1) is 17.6. The predicted molar refractivity (Wildman–Crippen MR) is 109 cm³/mol. The van der Waals surface area contributed by atoms with Crippen molar-refractivity contribution >= 4 is 17.1 Å². The Kier molecular flexibility index (Phi) is 4.56. The molecule has 1 atom stereocenters. The van der Waals surface area contributed by atoms with E-state index in [-0.39, 0.29) is 11.9 Å². The molecule has 1 unspecified atom stereocenters. The Balaban J connectivity index is 1.29. The summed E-state index contributed by atoms with van der Waals surface area (Å²) in [6, 6.07) is 12.5. The van der Waals surface area contributed by atoms with Crippen LogP contribution in [-0.2, 0) is 13.0 Å². The minimum atomic E-state index is 0.0147. The van der Waals surface area contributed by atoms with Crippen molar-refractivity contribution in [3.63, 3.8) is 0 Å². The molecule has 29 heavy (non-hydrogen) atoms. The molecule has 0 bridgehead atoms. The second kappa shape index (κ2) is 7.50. The number of hydrogen-bond acceptors (Lipinski definition) is 4. The van der Waals surface area contributed by atoms with Gasteiger partial charge >= 0.3 is 0 Å². The van der Waals surface area contributed by atoms with Gasteiger partial charge in [-0.3, -0.25) is 4.79 Å². The van der Waals surface area contributed by atoms with Crippen LogP contribution in [-0.4, -0.2) is 48.0 Å². The minimum Gasteiger partial charge on any atom is -0.336 e. The van der Waals surface area contributed by atoms with Crippen LogP contribution in [0.4, 0.5) is 0 Å². The van der Waals surface area contributed by atoms with Crippen molar-refractivity contribution in [2.45, 2.75) is 25.4 Å². The van der Waals surface area contributed by atoms with Crippen molar-refractivity contribution in [3.8, 4) is 0 Å². The van der Waals surface area contributed by atoms with Crippen molar-refractivity contribution < 1.29 is 4.79 Å². The van der Waals surface area contributed by atoms with Gasteiger partial charge in [-0.1, -0.05) is 30.3 Å². The van der Waals surface area contributed by atoms with Crippen LogP contribution in [0.15, 0.2) is 67.6 Å². The molecule has 4 heterocycles.